The van der Waals surface area contributed by atoms with Gasteiger partial charge in [-0.2, -0.15) is 0 Å². The van der Waals surface area contributed by atoms with Crippen LogP contribution in [0.1, 0.15) is 36.0 Å². The Kier molecular flexibility index (Phi) is 6.36. The molecule has 9 heteroatoms. The zero-order valence-electron chi connectivity index (χ0n) is 18.0. The van der Waals surface area contributed by atoms with Crippen LogP contribution in [0.15, 0.2) is 48.5 Å². The third-order valence-electron chi connectivity index (χ3n) is 5.74. The number of sulfonamides is 1. The molecule has 2 amide bonds. The van der Waals surface area contributed by atoms with E-state index in [-0.39, 0.29) is 12.5 Å². The number of hydrogen-bond acceptors (Lipinski definition) is 5. The number of carbonyl (C=O) groups excluding carboxylic acids is 2. The van der Waals surface area contributed by atoms with Gasteiger partial charge >= 0.3 is 0 Å². The number of amides is 2. The Bertz CT molecular complexity index is 1110. The summed E-state index contributed by atoms with van der Waals surface area (Å²) in [7, 11) is -3.61. The van der Waals surface area contributed by atoms with Crippen molar-refractivity contribution < 1.29 is 22.7 Å². The molecule has 2 heterocycles. The van der Waals surface area contributed by atoms with Crippen molar-refractivity contribution in [1.29, 1.82) is 0 Å². The SMILES string of the molecule is CS(=O)(=O)N1C[C@H](C(=O)Nc2ccccc2C(=O)N2CCCCCC2)Oc2ccccc21. The summed E-state index contributed by atoms with van der Waals surface area (Å²) in [4.78, 5) is 28.0. The largest absolute Gasteiger partial charge is 0.476 e. The van der Waals surface area contributed by atoms with Gasteiger partial charge in [-0.15, -0.1) is 0 Å². The fourth-order valence-electron chi connectivity index (χ4n) is 4.09. The molecule has 1 saturated heterocycles. The van der Waals surface area contributed by atoms with Crippen molar-refractivity contribution in [2.45, 2.75) is 31.8 Å². The number of likely N-dealkylation sites (tertiary alicyclic amines) is 1. The minimum Gasteiger partial charge on any atom is -0.476 e. The van der Waals surface area contributed by atoms with Crippen LogP contribution in [-0.2, 0) is 14.8 Å². The van der Waals surface area contributed by atoms with E-state index in [0.29, 0.717) is 35.8 Å². The van der Waals surface area contributed by atoms with E-state index >= 15 is 0 Å². The number of ether oxygens (including phenoxy) is 1. The predicted octanol–water partition coefficient (Wildman–Crippen LogP) is 2.87. The molecule has 2 aromatic carbocycles. The third-order valence-corrected chi connectivity index (χ3v) is 6.88. The lowest BCUT2D eigenvalue weighted by molar-refractivity contribution is -0.122. The number of nitrogens with one attached hydrogen (secondary N) is 1. The lowest BCUT2D eigenvalue weighted by Gasteiger charge is -2.34. The quantitative estimate of drug-likeness (QED) is 0.762. The molecule has 1 fully saturated rings. The first kappa shape index (κ1) is 22.1. The van der Waals surface area contributed by atoms with Crippen LogP contribution in [-0.4, -0.2) is 57.1 Å². The molecule has 0 bridgehead atoms. The molecule has 0 aromatic heterocycles. The highest BCUT2D eigenvalue weighted by molar-refractivity contribution is 7.92. The maximum Gasteiger partial charge on any atom is 0.267 e. The highest BCUT2D eigenvalue weighted by atomic mass is 32.2. The van der Waals surface area contributed by atoms with Crippen molar-refractivity contribution in [3.8, 4) is 5.75 Å². The van der Waals surface area contributed by atoms with E-state index in [1.807, 2.05) is 4.90 Å². The van der Waals surface area contributed by atoms with Gasteiger partial charge in [0.25, 0.3) is 11.8 Å². The number of anilines is 2. The monoisotopic (exact) mass is 457 g/mol. The Morgan fingerprint density at radius 2 is 1.62 bits per heavy atom. The Morgan fingerprint density at radius 1 is 0.969 bits per heavy atom. The first-order valence-electron chi connectivity index (χ1n) is 10.8. The Morgan fingerprint density at radius 3 is 2.34 bits per heavy atom. The molecule has 1 atom stereocenters. The molecule has 32 heavy (non-hydrogen) atoms. The molecule has 2 aliphatic heterocycles. The summed E-state index contributed by atoms with van der Waals surface area (Å²) >= 11 is 0. The number of benzene rings is 2. The fraction of sp³-hybridized carbons (Fsp3) is 0.391. The van der Waals surface area contributed by atoms with Gasteiger partial charge in [0, 0.05) is 13.1 Å². The summed E-state index contributed by atoms with van der Waals surface area (Å²) in [6, 6.07) is 13.6. The van der Waals surface area contributed by atoms with Gasteiger partial charge in [0.1, 0.15) is 5.75 Å². The van der Waals surface area contributed by atoms with E-state index in [1.165, 1.54) is 4.31 Å². The van der Waals surface area contributed by atoms with Crippen molar-refractivity contribution in [3.05, 3.63) is 54.1 Å². The molecule has 2 aromatic rings. The van der Waals surface area contributed by atoms with Crippen LogP contribution >= 0.6 is 0 Å². The normalized spacial score (nSPS) is 18.8. The topological polar surface area (TPSA) is 96.0 Å². The van der Waals surface area contributed by atoms with Crippen LogP contribution < -0.4 is 14.4 Å². The second kappa shape index (κ2) is 9.20. The predicted molar refractivity (Wildman–Crippen MR) is 122 cm³/mol. The summed E-state index contributed by atoms with van der Waals surface area (Å²) in [6.07, 6.45) is 4.20. The number of carbonyl (C=O) groups is 2. The molecule has 8 nitrogen and oxygen atoms in total. The zero-order valence-corrected chi connectivity index (χ0v) is 18.8. The molecule has 0 radical (unpaired) electrons. The smallest absolute Gasteiger partial charge is 0.267 e. The van der Waals surface area contributed by atoms with Gasteiger partial charge in [-0.1, -0.05) is 37.1 Å². The van der Waals surface area contributed by atoms with Gasteiger partial charge in [-0.05, 0) is 37.1 Å². The zero-order chi connectivity index (χ0) is 22.7. The van der Waals surface area contributed by atoms with Crippen LogP contribution in [0.2, 0.25) is 0 Å². The second-order valence-corrected chi connectivity index (χ2v) is 10.0. The molecular formula is C23H27N3O5S. The van der Waals surface area contributed by atoms with Gasteiger partial charge in [0.05, 0.1) is 29.7 Å². The Hall–Kier alpha value is -3.07. The number of para-hydroxylation sites is 3. The third kappa shape index (κ3) is 4.72. The van der Waals surface area contributed by atoms with Crippen molar-refractivity contribution in [2.24, 2.45) is 0 Å². The lowest BCUT2D eigenvalue weighted by atomic mass is 10.1. The molecule has 0 spiro atoms. The molecule has 0 aliphatic carbocycles. The fourth-order valence-corrected chi connectivity index (χ4v) is 5.00. The van der Waals surface area contributed by atoms with Crippen molar-refractivity contribution in [2.75, 3.05) is 35.5 Å². The second-order valence-electron chi connectivity index (χ2n) is 8.11. The van der Waals surface area contributed by atoms with Crippen LogP contribution in [0.25, 0.3) is 0 Å². The average Bonchev–Trinajstić information content (AvgIpc) is 3.07. The van der Waals surface area contributed by atoms with E-state index < -0.39 is 22.0 Å². The number of rotatable bonds is 4. The summed E-state index contributed by atoms with van der Waals surface area (Å²) in [5.74, 6) is -0.307. The van der Waals surface area contributed by atoms with Gasteiger partial charge in [0.15, 0.2) is 6.10 Å². The van der Waals surface area contributed by atoms with Gasteiger partial charge in [-0.25, -0.2) is 8.42 Å². The van der Waals surface area contributed by atoms with Crippen molar-refractivity contribution in [3.63, 3.8) is 0 Å². The van der Waals surface area contributed by atoms with Crippen LogP contribution in [0.3, 0.4) is 0 Å². The van der Waals surface area contributed by atoms with E-state index in [9.17, 15) is 18.0 Å². The summed E-state index contributed by atoms with van der Waals surface area (Å²) in [5, 5.41) is 2.79. The van der Waals surface area contributed by atoms with Crippen molar-refractivity contribution >= 4 is 33.2 Å². The molecule has 0 saturated carbocycles. The van der Waals surface area contributed by atoms with E-state index in [2.05, 4.69) is 5.32 Å². The van der Waals surface area contributed by atoms with Crippen molar-refractivity contribution in [1.82, 2.24) is 4.90 Å². The molecule has 1 N–H and O–H groups in total. The highest BCUT2D eigenvalue weighted by Gasteiger charge is 2.35. The van der Waals surface area contributed by atoms with Gasteiger partial charge in [0.2, 0.25) is 10.0 Å². The average molecular weight is 458 g/mol. The lowest BCUT2D eigenvalue weighted by Crippen LogP contribution is -2.48. The minimum atomic E-state index is -3.61. The first-order valence-corrected chi connectivity index (χ1v) is 12.6. The standard InChI is InChI=1S/C23H27N3O5S/c1-32(29,30)26-16-21(31-20-13-7-6-12-19(20)26)22(27)24-18-11-5-4-10-17(18)23(28)25-14-8-2-3-9-15-25/h4-7,10-13,21H,2-3,8-9,14-16H2,1H3,(H,24,27)/t21-/m1/s1. The van der Waals surface area contributed by atoms with E-state index in [1.54, 1.807) is 48.5 Å². The Labute approximate surface area is 188 Å². The van der Waals surface area contributed by atoms with Crippen LogP contribution in [0.5, 0.6) is 5.75 Å². The van der Waals surface area contributed by atoms with E-state index in [0.717, 1.165) is 31.9 Å². The summed E-state index contributed by atoms with van der Waals surface area (Å²) < 4.78 is 31.6. The minimum absolute atomic E-state index is 0.115. The molecule has 170 valence electrons. The molecule has 4 rings (SSSR count). The van der Waals surface area contributed by atoms with Gasteiger partial charge < -0.3 is 15.0 Å². The Balaban J connectivity index is 1.55. The molecular weight excluding hydrogens is 430 g/mol. The maximum atomic E-state index is 13.1. The van der Waals surface area contributed by atoms with Gasteiger partial charge in [-0.3, -0.25) is 13.9 Å². The maximum absolute atomic E-state index is 13.1. The number of hydrogen-bond donors (Lipinski definition) is 1. The van der Waals surface area contributed by atoms with Crippen LogP contribution in [0, 0.1) is 0 Å². The summed E-state index contributed by atoms with van der Waals surface area (Å²) in [5.41, 5.74) is 1.20. The summed E-state index contributed by atoms with van der Waals surface area (Å²) in [6.45, 7) is 1.25. The number of nitrogens with zero attached hydrogens (tertiary/aromatic N) is 2. The molecule has 0 unspecified atom stereocenters. The van der Waals surface area contributed by atoms with Crippen LogP contribution in [0.4, 0.5) is 11.4 Å². The first-order chi connectivity index (χ1) is 15.3. The highest BCUT2D eigenvalue weighted by Crippen LogP contribution is 2.35. The number of fused-ring (bicyclic) bond motifs is 1. The van der Waals surface area contributed by atoms with E-state index in [4.69, 9.17) is 4.74 Å². The molecule has 2 aliphatic rings.